The van der Waals surface area contributed by atoms with Crippen LogP contribution in [0.2, 0.25) is 0 Å². The molecular weight excluding hydrogens is 315 g/mol. The molecule has 1 aliphatic heterocycles. The third-order valence-electron chi connectivity index (χ3n) is 4.00. The molecule has 3 rings (SSSR count). The van der Waals surface area contributed by atoms with Crippen molar-refractivity contribution in [3.05, 3.63) is 42.0 Å². The Morgan fingerprint density at radius 3 is 2.88 bits per heavy atom. The van der Waals surface area contributed by atoms with Crippen molar-refractivity contribution in [1.82, 2.24) is 9.88 Å². The van der Waals surface area contributed by atoms with Crippen molar-refractivity contribution in [2.24, 2.45) is 0 Å². The van der Waals surface area contributed by atoms with Crippen LogP contribution >= 0.6 is 0 Å². The number of hydrogen-bond donors (Lipinski definition) is 1. The maximum absolute atomic E-state index is 13.0. The van der Waals surface area contributed by atoms with Crippen LogP contribution in [-0.2, 0) is 16.0 Å². The van der Waals surface area contributed by atoms with E-state index >= 15 is 0 Å². The molecular formula is C17H19FN2O4. The van der Waals surface area contributed by atoms with E-state index in [9.17, 15) is 14.3 Å². The lowest BCUT2D eigenvalue weighted by Gasteiger charge is -2.37. The van der Waals surface area contributed by atoms with Gasteiger partial charge in [0.1, 0.15) is 12.1 Å². The molecule has 1 fully saturated rings. The number of aliphatic hydroxyl groups excluding tert-OH is 1. The Morgan fingerprint density at radius 1 is 1.42 bits per heavy atom. The highest BCUT2D eigenvalue weighted by molar-refractivity contribution is 5.79. The first kappa shape index (κ1) is 16.6. The molecule has 0 spiro atoms. The van der Waals surface area contributed by atoms with Gasteiger partial charge >= 0.3 is 0 Å². The Labute approximate surface area is 138 Å². The Balaban J connectivity index is 1.67. The summed E-state index contributed by atoms with van der Waals surface area (Å²) in [5.41, 5.74) is 1.16. The second kappa shape index (κ2) is 7.11. The number of ether oxygens (including phenoxy) is 1. The number of aromatic nitrogens is 1. The number of aliphatic hydroxyl groups is 1. The fourth-order valence-electron chi connectivity index (χ4n) is 2.65. The Kier molecular flexibility index (Phi) is 4.92. The van der Waals surface area contributed by atoms with E-state index in [1.165, 1.54) is 18.4 Å². The van der Waals surface area contributed by atoms with Crippen LogP contribution in [0.1, 0.15) is 12.6 Å². The van der Waals surface area contributed by atoms with Gasteiger partial charge in [-0.15, -0.1) is 0 Å². The molecule has 6 nitrogen and oxygen atoms in total. The fraction of sp³-hybridized carbons (Fsp3) is 0.412. The molecule has 128 valence electrons. The minimum atomic E-state index is -0.350. The zero-order valence-electron chi connectivity index (χ0n) is 13.3. The summed E-state index contributed by atoms with van der Waals surface area (Å²) in [6.45, 7) is 2.54. The van der Waals surface area contributed by atoms with Crippen molar-refractivity contribution in [3.63, 3.8) is 0 Å². The third-order valence-corrected chi connectivity index (χ3v) is 4.00. The SMILES string of the molecule is CC1COC(CO)CN1C(=O)Cc1coc(-c2ccc(F)cc2)n1. The van der Waals surface area contributed by atoms with E-state index in [1.54, 1.807) is 17.0 Å². The molecule has 0 saturated carbocycles. The predicted octanol–water partition coefficient (Wildman–Crippen LogP) is 1.63. The van der Waals surface area contributed by atoms with Gasteiger partial charge in [0, 0.05) is 12.1 Å². The standard InChI is InChI=1S/C17H19FN2O4/c1-11-9-23-15(8-21)7-20(11)16(22)6-14-10-24-17(19-14)12-2-4-13(18)5-3-12/h2-5,10-11,15,21H,6-9H2,1H3. The van der Waals surface area contributed by atoms with Gasteiger partial charge in [0.05, 0.1) is 37.5 Å². The highest BCUT2D eigenvalue weighted by atomic mass is 19.1. The van der Waals surface area contributed by atoms with Crippen LogP contribution < -0.4 is 0 Å². The maximum Gasteiger partial charge on any atom is 0.229 e. The van der Waals surface area contributed by atoms with Crippen molar-refractivity contribution in [3.8, 4) is 11.5 Å². The Bertz CT molecular complexity index is 701. The number of oxazole rings is 1. The molecule has 1 amide bonds. The van der Waals surface area contributed by atoms with Gasteiger partial charge in [0.15, 0.2) is 0 Å². The number of carbonyl (C=O) groups excluding carboxylic acids is 1. The van der Waals surface area contributed by atoms with Crippen molar-refractivity contribution in [1.29, 1.82) is 0 Å². The van der Waals surface area contributed by atoms with Crippen molar-refractivity contribution in [2.45, 2.75) is 25.5 Å². The van der Waals surface area contributed by atoms with Crippen LogP contribution in [0.3, 0.4) is 0 Å². The molecule has 1 N–H and O–H groups in total. The Hall–Kier alpha value is -2.25. The van der Waals surface area contributed by atoms with Crippen LogP contribution in [0.5, 0.6) is 0 Å². The molecule has 0 bridgehead atoms. The molecule has 2 heterocycles. The van der Waals surface area contributed by atoms with E-state index < -0.39 is 0 Å². The van der Waals surface area contributed by atoms with Gasteiger partial charge in [-0.1, -0.05) is 0 Å². The quantitative estimate of drug-likeness (QED) is 0.920. The zero-order valence-corrected chi connectivity index (χ0v) is 13.3. The smallest absolute Gasteiger partial charge is 0.229 e. The zero-order chi connectivity index (χ0) is 17.1. The number of halogens is 1. The number of benzene rings is 1. The van der Waals surface area contributed by atoms with Crippen molar-refractivity contribution < 1.29 is 23.4 Å². The fourth-order valence-corrected chi connectivity index (χ4v) is 2.65. The molecule has 2 atom stereocenters. The molecule has 24 heavy (non-hydrogen) atoms. The van der Waals surface area contributed by atoms with E-state index in [1.807, 2.05) is 6.92 Å². The number of nitrogens with zero attached hydrogens (tertiary/aromatic N) is 2. The number of hydrogen-bond acceptors (Lipinski definition) is 5. The average molecular weight is 334 g/mol. The molecule has 1 saturated heterocycles. The topological polar surface area (TPSA) is 75.8 Å². The maximum atomic E-state index is 13.0. The molecule has 7 heteroatoms. The summed E-state index contributed by atoms with van der Waals surface area (Å²) in [5, 5.41) is 9.20. The molecule has 2 unspecified atom stereocenters. The van der Waals surface area contributed by atoms with E-state index in [4.69, 9.17) is 9.15 Å². The normalized spacial score (nSPS) is 21.0. The largest absolute Gasteiger partial charge is 0.444 e. The molecule has 2 aromatic rings. The second-order valence-corrected chi connectivity index (χ2v) is 5.86. The lowest BCUT2D eigenvalue weighted by Crippen LogP contribution is -2.52. The monoisotopic (exact) mass is 334 g/mol. The van der Waals surface area contributed by atoms with E-state index in [0.717, 1.165) is 0 Å². The summed E-state index contributed by atoms with van der Waals surface area (Å²) in [4.78, 5) is 18.5. The van der Waals surface area contributed by atoms with Gasteiger partial charge in [-0.2, -0.15) is 0 Å². The van der Waals surface area contributed by atoms with E-state index in [2.05, 4.69) is 4.98 Å². The first-order valence-corrected chi connectivity index (χ1v) is 7.79. The highest BCUT2D eigenvalue weighted by Crippen LogP contribution is 2.20. The van der Waals surface area contributed by atoms with Crippen LogP contribution in [0.15, 0.2) is 34.9 Å². The first-order valence-electron chi connectivity index (χ1n) is 7.79. The van der Waals surface area contributed by atoms with Gasteiger partial charge in [-0.05, 0) is 31.2 Å². The number of amides is 1. The second-order valence-electron chi connectivity index (χ2n) is 5.86. The molecule has 0 radical (unpaired) electrons. The molecule has 1 aromatic carbocycles. The van der Waals surface area contributed by atoms with E-state index in [0.29, 0.717) is 30.3 Å². The summed E-state index contributed by atoms with van der Waals surface area (Å²) >= 11 is 0. The summed E-state index contributed by atoms with van der Waals surface area (Å²) < 4.78 is 23.8. The summed E-state index contributed by atoms with van der Waals surface area (Å²) in [7, 11) is 0. The molecule has 1 aromatic heterocycles. The first-order chi connectivity index (χ1) is 11.6. The van der Waals surface area contributed by atoms with Crippen molar-refractivity contribution >= 4 is 5.91 Å². The minimum Gasteiger partial charge on any atom is -0.444 e. The van der Waals surface area contributed by atoms with Crippen LogP contribution in [-0.4, -0.2) is 52.8 Å². The average Bonchev–Trinajstić information content (AvgIpc) is 3.04. The lowest BCUT2D eigenvalue weighted by molar-refractivity contribution is -0.145. The molecule has 0 aliphatic carbocycles. The summed E-state index contributed by atoms with van der Waals surface area (Å²) in [6, 6.07) is 5.75. The third kappa shape index (κ3) is 3.63. The highest BCUT2D eigenvalue weighted by Gasteiger charge is 2.29. The number of carbonyl (C=O) groups is 1. The van der Waals surface area contributed by atoms with Gasteiger partial charge in [-0.25, -0.2) is 9.37 Å². The summed E-state index contributed by atoms with van der Waals surface area (Å²) in [6.07, 6.45) is 1.19. The number of morpholine rings is 1. The predicted molar refractivity (Wildman–Crippen MR) is 83.6 cm³/mol. The van der Waals surface area contributed by atoms with Gasteiger partial charge in [0.25, 0.3) is 0 Å². The van der Waals surface area contributed by atoms with Crippen LogP contribution in [0, 0.1) is 5.82 Å². The van der Waals surface area contributed by atoms with Crippen molar-refractivity contribution in [2.75, 3.05) is 19.8 Å². The van der Waals surface area contributed by atoms with Crippen LogP contribution in [0.25, 0.3) is 11.5 Å². The Morgan fingerprint density at radius 2 is 2.17 bits per heavy atom. The van der Waals surface area contributed by atoms with Gasteiger partial charge in [0.2, 0.25) is 11.8 Å². The van der Waals surface area contributed by atoms with Crippen LogP contribution in [0.4, 0.5) is 4.39 Å². The summed E-state index contributed by atoms with van der Waals surface area (Å²) in [5.74, 6) is -0.0790. The number of rotatable bonds is 4. The minimum absolute atomic E-state index is 0.0521. The van der Waals surface area contributed by atoms with E-state index in [-0.39, 0.29) is 36.9 Å². The molecule has 1 aliphatic rings. The lowest BCUT2D eigenvalue weighted by atomic mass is 10.1. The van der Waals surface area contributed by atoms with Gasteiger partial charge in [-0.3, -0.25) is 4.79 Å². The van der Waals surface area contributed by atoms with Gasteiger partial charge < -0.3 is 19.2 Å².